The van der Waals surface area contributed by atoms with Gasteiger partial charge in [0.2, 0.25) is 5.91 Å². The molecule has 0 spiro atoms. The summed E-state index contributed by atoms with van der Waals surface area (Å²) in [6.45, 7) is 0.532. The molecule has 1 amide bonds. The van der Waals surface area contributed by atoms with Crippen molar-refractivity contribution >= 4 is 24.0 Å². The van der Waals surface area contributed by atoms with Gasteiger partial charge >= 0.3 is 0 Å². The van der Waals surface area contributed by atoms with Crippen molar-refractivity contribution in [1.82, 2.24) is 0 Å². The van der Waals surface area contributed by atoms with Crippen LogP contribution in [0.1, 0.15) is 17.9 Å². The molecule has 0 radical (unpaired) electrons. The molecule has 2 rings (SSSR count). The Balaban J connectivity index is 0.000000980. The van der Waals surface area contributed by atoms with Gasteiger partial charge in [-0.25, -0.2) is 0 Å². The van der Waals surface area contributed by atoms with Crippen molar-refractivity contribution in [2.24, 2.45) is 5.73 Å². The fourth-order valence-electron chi connectivity index (χ4n) is 1.71. The maximum atomic E-state index is 11.2. The van der Waals surface area contributed by atoms with E-state index in [0.29, 0.717) is 13.0 Å². The van der Waals surface area contributed by atoms with E-state index in [1.807, 2.05) is 24.3 Å². The topological polar surface area (TPSA) is 55.1 Å². The summed E-state index contributed by atoms with van der Waals surface area (Å²) in [4.78, 5) is 11.2. The van der Waals surface area contributed by atoms with Crippen molar-refractivity contribution in [3.05, 3.63) is 29.8 Å². The molecule has 3 nitrogen and oxygen atoms in total. The van der Waals surface area contributed by atoms with Crippen LogP contribution in [0.5, 0.6) is 0 Å². The summed E-state index contributed by atoms with van der Waals surface area (Å²) in [5, 5.41) is 2.83. The van der Waals surface area contributed by atoms with Gasteiger partial charge in [-0.05, 0) is 18.2 Å². The lowest BCUT2D eigenvalue weighted by atomic mass is 9.91. The molecule has 76 valence electrons. The van der Waals surface area contributed by atoms with Crippen LogP contribution in [0.4, 0.5) is 5.69 Å². The second-order valence-electron chi connectivity index (χ2n) is 3.27. The largest absolute Gasteiger partial charge is 0.330 e. The fraction of sp³-hybridized carbons (Fsp3) is 0.300. The highest BCUT2D eigenvalue weighted by atomic mass is 35.5. The van der Waals surface area contributed by atoms with E-state index in [0.717, 1.165) is 11.3 Å². The minimum atomic E-state index is 0. The number of carbonyl (C=O) groups is 1. The van der Waals surface area contributed by atoms with Crippen molar-refractivity contribution < 1.29 is 4.79 Å². The number of rotatable bonds is 1. The molecule has 4 heteroatoms. The van der Waals surface area contributed by atoms with Gasteiger partial charge in [0.25, 0.3) is 0 Å². The lowest BCUT2D eigenvalue weighted by molar-refractivity contribution is -0.116. The normalized spacial score (nSPS) is 19.2. The molecular formula is C10H13ClN2O. The predicted molar refractivity (Wildman–Crippen MR) is 58.7 cm³/mol. The number of hydrogen-bond acceptors (Lipinski definition) is 2. The van der Waals surface area contributed by atoms with Crippen molar-refractivity contribution in [3.63, 3.8) is 0 Å². The van der Waals surface area contributed by atoms with E-state index in [4.69, 9.17) is 5.73 Å². The lowest BCUT2D eigenvalue weighted by Crippen LogP contribution is -2.26. The molecule has 0 saturated carbocycles. The predicted octanol–water partition coefficient (Wildman–Crippen LogP) is 1.49. The summed E-state index contributed by atoms with van der Waals surface area (Å²) in [6, 6.07) is 7.82. The van der Waals surface area contributed by atoms with E-state index in [1.165, 1.54) is 0 Å². The van der Waals surface area contributed by atoms with Crippen LogP contribution < -0.4 is 11.1 Å². The summed E-state index contributed by atoms with van der Waals surface area (Å²) in [5.41, 5.74) is 7.67. The Kier molecular flexibility index (Phi) is 3.49. The molecule has 1 aromatic rings. The van der Waals surface area contributed by atoms with Crippen molar-refractivity contribution in [2.75, 3.05) is 11.9 Å². The van der Waals surface area contributed by atoms with Gasteiger partial charge < -0.3 is 11.1 Å². The first-order valence-corrected chi connectivity index (χ1v) is 4.40. The van der Waals surface area contributed by atoms with Gasteiger partial charge in [0.1, 0.15) is 0 Å². The highest BCUT2D eigenvalue weighted by Crippen LogP contribution is 2.30. The van der Waals surface area contributed by atoms with Crippen LogP contribution in [-0.4, -0.2) is 12.5 Å². The Labute approximate surface area is 89.1 Å². The quantitative estimate of drug-likeness (QED) is 0.741. The zero-order valence-corrected chi connectivity index (χ0v) is 8.51. The first-order valence-electron chi connectivity index (χ1n) is 4.40. The standard InChI is InChI=1S/C10H12N2O.ClH/c11-6-7-5-10(13)12-9-4-2-1-3-8(7)9;/h1-4,7H,5-6,11H2,(H,12,13);1H. The summed E-state index contributed by atoms with van der Waals surface area (Å²) >= 11 is 0. The first-order chi connectivity index (χ1) is 6.31. The molecule has 1 atom stereocenters. The van der Waals surface area contributed by atoms with Crippen LogP contribution in [0.3, 0.4) is 0 Å². The third kappa shape index (κ3) is 1.89. The molecule has 1 heterocycles. The van der Waals surface area contributed by atoms with E-state index in [1.54, 1.807) is 0 Å². The Morgan fingerprint density at radius 2 is 2.14 bits per heavy atom. The van der Waals surface area contributed by atoms with E-state index < -0.39 is 0 Å². The average Bonchev–Trinajstić information content (AvgIpc) is 2.16. The molecule has 1 aromatic carbocycles. The number of para-hydroxylation sites is 1. The van der Waals surface area contributed by atoms with Gasteiger partial charge in [0.05, 0.1) is 0 Å². The molecular weight excluding hydrogens is 200 g/mol. The Hall–Kier alpha value is -1.06. The van der Waals surface area contributed by atoms with Crippen LogP contribution >= 0.6 is 12.4 Å². The molecule has 1 unspecified atom stereocenters. The first kappa shape index (κ1) is 11.0. The molecule has 1 aliphatic heterocycles. The minimum Gasteiger partial charge on any atom is -0.330 e. The van der Waals surface area contributed by atoms with Crippen LogP contribution in [0, 0.1) is 0 Å². The van der Waals surface area contributed by atoms with E-state index >= 15 is 0 Å². The van der Waals surface area contributed by atoms with Crippen molar-refractivity contribution in [3.8, 4) is 0 Å². The number of anilines is 1. The summed E-state index contributed by atoms with van der Waals surface area (Å²) in [7, 11) is 0. The second-order valence-corrected chi connectivity index (χ2v) is 3.27. The molecule has 0 saturated heterocycles. The number of amides is 1. The van der Waals surface area contributed by atoms with Gasteiger partial charge in [-0.3, -0.25) is 4.79 Å². The van der Waals surface area contributed by atoms with Gasteiger partial charge in [-0.2, -0.15) is 0 Å². The highest BCUT2D eigenvalue weighted by Gasteiger charge is 2.22. The fourth-order valence-corrected chi connectivity index (χ4v) is 1.71. The number of nitrogens with two attached hydrogens (primary N) is 1. The monoisotopic (exact) mass is 212 g/mol. The number of fused-ring (bicyclic) bond motifs is 1. The van der Waals surface area contributed by atoms with Crippen LogP contribution in [0.15, 0.2) is 24.3 Å². The van der Waals surface area contributed by atoms with Gasteiger partial charge in [0, 0.05) is 18.0 Å². The zero-order chi connectivity index (χ0) is 9.26. The molecule has 14 heavy (non-hydrogen) atoms. The summed E-state index contributed by atoms with van der Waals surface area (Å²) < 4.78 is 0. The maximum Gasteiger partial charge on any atom is 0.225 e. The smallest absolute Gasteiger partial charge is 0.225 e. The number of halogens is 1. The van der Waals surface area contributed by atoms with Gasteiger partial charge in [-0.1, -0.05) is 18.2 Å². The zero-order valence-electron chi connectivity index (χ0n) is 7.69. The molecule has 0 aromatic heterocycles. The van der Waals surface area contributed by atoms with Crippen molar-refractivity contribution in [2.45, 2.75) is 12.3 Å². The molecule has 0 fully saturated rings. The Morgan fingerprint density at radius 1 is 1.43 bits per heavy atom. The SMILES string of the molecule is Cl.NCC1CC(=O)Nc2ccccc21. The van der Waals surface area contributed by atoms with E-state index in [-0.39, 0.29) is 24.2 Å². The van der Waals surface area contributed by atoms with Crippen LogP contribution in [0.25, 0.3) is 0 Å². The molecule has 0 aliphatic carbocycles. The summed E-state index contributed by atoms with van der Waals surface area (Å²) in [5.74, 6) is 0.249. The van der Waals surface area contributed by atoms with Crippen LogP contribution in [-0.2, 0) is 4.79 Å². The van der Waals surface area contributed by atoms with Crippen molar-refractivity contribution in [1.29, 1.82) is 0 Å². The van der Waals surface area contributed by atoms with Gasteiger partial charge in [-0.15, -0.1) is 12.4 Å². The van der Waals surface area contributed by atoms with E-state index in [2.05, 4.69) is 5.32 Å². The molecule has 1 aliphatic rings. The molecule has 0 bridgehead atoms. The lowest BCUT2D eigenvalue weighted by Gasteiger charge is -2.23. The number of carbonyl (C=O) groups excluding carboxylic acids is 1. The van der Waals surface area contributed by atoms with E-state index in [9.17, 15) is 4.79 Å². The third-order valence-electron chi connectivity index (χ3n) is 2.39. The van der Waals surface area contributed by atoms with Crippen LogP contribution in [0.2, 0.25) is 0 Å². The number of benzene rings is 1. The average molecular weight is 213 g/mol. The minimum absolute atomic E-state index is 0. The molecule has 3 N–H and O–H groups in total. The Bertz CT molecular complexity index is 341. The number of nitrogens with one attached hydrogen (secondary N) is 1. The maximum absolute atomic E-state index is 11.2. The highest BCUT2D eigenvalue weighted by molar-refractivity contribution is 5.94. The number of hydrogen-bond donors (Lipinski definition) is 2. The summed E-state index contributed by atoms with van der Waals surface area (Å²) in [6.07, 6.45) is 0.507. The Morgan fingerprint density at radius 3 is 2.86 bits per heavy atom. The second kappa shape index (κ2) is 4.44. The van der Waals surface area contributed by atoms with Gasteiger partial charge in [0.15, 0.2) is 0 Å². The third-order valence-corrected chi connectivity index (χ3v) is 2.39.